The number of hydrogen-bond acceptors (Lipinski definition) is 2. The van der Waals surface area contributed by atoms with E-state index in [1.165, 1.54) is 76.2 Å². The molecule has 2 heteroatoms. The minimum Gasteiger partial charge on any atom is -0.493 e. The largest absolute Gasteiger partial charge is 0.493 e. The van der Waals surface area contributed by atoms with Gasteiger partial charge in [0, 0.05) is 11.8 Å². The van der Waals surface area contributed by atoms with Crippen molar-refractivity contribution in [3.63, 3.8) is 0 Å². The first-order valence-corrected chi connectivity index (χ1v) is 12.5. The number of pyridine rings is 1. The first-order valence-electron chi connectivity index (χ1n) is 12.5. The quantitative estimate of drug-likeness (QED) is 0.330. The van der Waals surface area contributed by atoms with Gasteiger partial charge < -0.3 is 4.74 Å². The van der Waals surface area contributed by atoms with Gasteiger partial charge in [-0.05, 0) is 73.4 Å². The molecule has 1 aliphatic rings. The third-order valence-electron chi connectivity index (χ3n) is 6.71. The van der Waals surface area contributed by atoms with E-state index in [2.05, 4.69) is 55.2 Å². The molecule has 30 heavy (non-hydrogen) atoms. The molecule has 1 aromatic carbocycles. The van der Waals surface area contributed by atoms with Crippen molar-refractivity contribution in [3.8, 4) is 17.0 Å². The van der Waals surface area contributed by atoms with E-state index in [-0.39, 0.29) is 0 Å². The summed E-state index contributed by atoms with van der Waals surface area (Å²) in [5, 5.41) is 0. The lowest BCUT2D eigenvalue weighted by Crippen LogP contribution is -2.20. The Labute approximate surface area is 184 Å². The summed E-state index contributed by atoms with van der Waals surface area (Å²) in [6, 6.07) is 12.9. The van der Waals surface area contributed by atoms with Crippen molar-refractivity contribution in [3.05, 3.63) is 48.2 Å². The van der Waals surface area contributed by atoms with Crippen LogP contribution in [0.5, 0.6) is 5.75 Å². The van der Waals surface area contributed by atoms with Gasteiger partial charge in [-0.15, -0.1) is 0 Å². The molecular formula is C28H41NO. The summed E-state index contributed by atoms with van der Waals surface area (Å²) in [5.41, 5.74) is 3.56. The molecule has 0 saturated heterocycles. The number of nitrogens with zero attached hydrogens (tertiary/aromatic N) is 1. The van der Waals surface area contributed by atoms with Gasteiger partial charge in [0.25, 0.3) is 0 Å². The molecule has 0 radical (unpaired) electrons. The highest BCUT2D eigenvalue weighted by molar-refractivity contribution is 5.60. The fourth-order valence-electron chi connectivity index (χ4n) is 4.61. The van der Waals surface area contributed by atoms with E-state index in [4.69, 9.17) is 4.74 Å². The van der Waals surface area contributed by atoms with Crippen molar-refractivity contribution in [2.24, 2.45) is 11.8 Å². The Kier molecular flexibility index (Phi) is 9.73. The van der Waals surface area contributed by atoms with E-state index in [9.17, 15) is 0 Å². The molecule has 1 fully saturated rings. The lowest BCUT2D eigenvalue weighted by atomic mass is 9.80. The van der Waals surface area contributed by atoms with Crippen molar-refractivity contribution in [2.75, 3.05) is 6.61 Å². The molecule has 3 rings (SSSR count). The zero-order valence-electron chi connectivity index (χ0n) is 19.2. The molecule has 1 aromatic heterocycles. The molecule has 2 aromatic rings. The number of hydrogen-bond donors (Lipinski definition) is 0. The average molecular weight is 408 g/mol. The van der Waals surface area contributed by atoms with Crippen LogP contribution in [0.25, 0.3) is 11.3 Å². The van der Waals surface area contributed by atoms with Crippen molar-refractivity contribution in [1.82, 2.24) is 4.98 Å². The molecule has 0 N–H and O–H groups in total. The SMILES string of the molecule is CCCCCCc1ccc(-c2ccc(OC[C@H]3CC[C@H](CCCC)CC3)cc2)nc1. The minimum atomic E-state index is 0.731. The average Bonchev–Trinajstić information content (AvgIpc) is 2.81. The molecule has 0 atom stereocenters. The van der Waals surface area contributed by atoms with E-state index in [0.717, 1.165) is 41.9 Å². The van der Waals surface area contributed by atoms with E-state index >= 15 is 0 Å². The monoisotopic (exact) mass is 407 g/mol. The zero-order valence-corrected chi connectivity index (χ0v) is 19.2. The Morgan fingerprint density at radius 2 is 1.53 bits per heavy atom. The number of aryl methyl sites for hydroxylation is 1. The summed E-state index contributed by atoms with van der Waals surface area (Å²) in [4.78, 5) is 4.68. The summed E-state index contributed by atoms with van der Waals surface area (Å²) in [5.74, 6) is 2.68. The number of aromatic nitrogens is 1. The van der Waals surface area contributed by atoms with Crippen molar-refractivity contribution >= 4 is 0 Å². The Balaban J connectivity index is 1.41. The van der Waals surface area contributed by atoms with Gasteiger partial charge >= 0.3 is 0 Å². The third-order valence-corrected chi connectivity index (χ3v) is 6.71. The van der Waals surface area contributed by atoms with E-state index in [1.807, 2.05) is 6.20 Å². The van der Waals surface area contributed by atoms with Crippen LogP contribution in [0.2, 0.25) is 0 Å². The molecule has 0 aliphatic heterocycles. The fraction of sp³-hybridized carbons (Fsp3) is 0.607. The maximum atomic E-state index is 6.12. The second-order valence-corrected chi connectivity index (χ2v) is 9.23. The molecule has 1 aliphatic carbocycles. The normalized spacial score (nSPS) is 19.0. The van der Waals surface area contributed by atoms with Crippen LogP contribution in [0.3, 0.4) is 0 Å². The topological polar surface area (TPSA) is 22.1 Å². The smallest absolute Gasteiger partial charge is 0.119 e. The maximum Gasteiger partial charge on any atom is 0.119 e. The summed E-state index contributed by atoms with van der Waals surface area (Å²) in [7, 11) is 0. The van der Waals surface area contributed by atoms with Gasteiger partial charge in [-0.2, -0.15) is 0 Å². The molecule has 0 unspecified atom stereocenters. The maximum absolute atomic E-state index is 6.12. The van der Waals surface area contributed by atoms with Crippen molar-refractivity contribution in [1.29, 1.82) is 0 Å². The predicted molar refractivity (Wildman–Crippen MR) is 128 cm³/mol. The van der Waals surface area contributed by atoms with Gasteiger partial charge in [-0.25, -0.2) is 0 Å². The molecule has 1 heterocycles. The third kappa shape index (κ3) is 7.45. The van der Waals surface area contributed by atoms with Crippen LogP contribution >= 0.6 is 0 Å². The number of unbranched alkanes of at least 4 members (excludes halogenated alkanes) is 4. The van der Waals surface area contributed by atoms with Gasteiger partial charge in [0.15, 0.2) is 0 Å². The molecule has 0 bridgehead atoms. The standard InChI is InChI=1S/C28H41NO/c1-3-5-7-8-10-24-15-20-28(29-21-24)26-16-18-27(19-17-26)30-22-25-13-11-23(12-14-25)9-6-4-2/h15-21,23,25H,3-14,22H2,1-2H3/t23-,25-. The van der Waals surface area contributed by atoms with Crippen molar-refractivity contribution in [2.45, 2.75) is 90.9 Å². The van der Waals surface area contributed by atoms with E-state index in [0.29, 0.717) is 0 Å². The highest BCUT2D eigenvalue weighted by atomic mass is 16.5. The van der Waals surface area contributed by atoms with Crippen LogP contribution in [0.15, 0.2) is 42.6 Å². The van der Waals surface area contributed by atoms with Crippen LogP contribution in [-0.2, 0) is 6.42 Å². The number of ether oxygens (including phenoxy) is 1. The Hall–Kier alpha value is -1.83. The van der Waals surface area contributed by atoms with Crippen LogP contribution in [0.1, 0.15) is 90.0 Å². The van der Waals surface area contributed by atoms with Crippen molar-refractivity contribution < 1.29 is 4.74 Å². The molecule has 164 valence electrons. The van der Waals surface area contributed by atoms with Crippen LogP contribution in [0.4, 0.5) is 0 Å². The van der Waals surface area contributed by atoms with Gasteiger partial charge in [-0.3, -0.25) is 4.98 Å². The number of benzene rings is 1. The fourth-order valence-corrected chi connectivity index (χ4v) is 4.61. The first kappa shape index (κ1) is 22.8. The van der Waals surface area contributed by atoms with Crippen LogP contribution in [-0.4, -0.2) is 11.6 Å². The first-order chi connectivity index (χ1) is 14.8. The van der Waals surface area contributed by atoms with E-state index < -0.39 is 0 Å². The highest BCUT2D eigenvalue weighted by Gasteiger charge is 2.21. The zero-order chi connectivity index (χ0) is 21.0. The molecule has 1 saturated carbocycles. The Bertz CT molecular complexity index is 698. The Morgan fingerprint density at radius 1 is 0.800 bits per heavy atom. The minimum absolute atomic E-state index is 0.731. The van der Waals surface area contributed by atoms with Gasteiger partial charge in [0.2, 0.25) is 0 Å². The van der Waals surface area contributed by atoms with Crippen LogP contribution in [0, 0.1) is 11.8 Å². The summed E-state index contributed by atoms with van der Waals surface area (Å²) >= 11 is 0. The Morgan fingerprint density at radius 3 is 2.20 bits per heavy atom. The summed E-state index contributed by atoms with van der Waals surface area (Å²) < 4.78 is 6.12. The predicted octanol–water partition coefficient (Wildman–Crippen LogP) is 8.25. The molecule has 0 amide bonds. The second kappa shape index (κ2) is 12.8. The van der Waals surface area contributed by atoms with Gasteiger partial charge in [-0.1, -0.05) is 71.3 Å². The van der Waals surface area contributed by atoms with Crippen LogP contribution < -0.4 is 4.74 Å². The highest BCUT2D eigenvalue weighted by Crippen LogP contribution is 2.32. The second-order valence-electron chi connectivity index (χ2n) is 9.23. The summed E-state index contributed by atoms with van der Waals surface area (Å²) in [6.45, 7) is 5.42. The lowest BCUT2D eigenvalue weighted by Gasteiger charge is -2.28. The molecule has 2 nitrogen and oxygen atoms in total. The molecule has 0 spiro atoms. The van der Waals surface area contributed by atoms with Gasteiger partial charge in [0.1, 0.15) is 5.75 Å². The van der Waals surface area contributed by atoms with Gasteiger partial charge in [0.05, 0.1) is 12.3 Å². The number of rotatable bonds is 12. The lowest BCUT2D eigenvalue weighted by molar-refractivity contribution is 0.178. The molecular weight excluding hydrogens is 366 g/mol. The van der Waals surface area contributed by atoms with E-state index in [1.54, 1.807) is 0 Å². The summed E-state index contributed by atoms with van der Waals surface area (Å²) in [6.07, 6.45) is 18.0.